The van der Waals surface area contributed by atoms with Crippen molar-refractivity contribution in [1.29, 1.82) is 0 Å². The summed E-state index contributed by atoms with van der Waals surface area (Å²) < 4.78 is 0. The van der Waals surface area contributed by atoms with Crippen molar-refractivity contribution in [3.05, 3.63) is 0 Å². The Kier molecular flexibility index (Phi) is 7.59. The molecular weight excluding hydrogens is 256 g/mol. The smallest absolute Gasteiger partial charge is 0.225 e. The molecule has 5 nitrogen and oxygen atoms in total. The summed E-state index contributed by atoms with van der Waals surface area (Å²) in [7, 11) is 0. The van der Waals surface area contributed by atoms with Crippen LogP contribution in [0.3, 0.4) is 0 Å². The number of carbonyl (C=O) groups is 2. The van der Waals surface area contributed by atoms with Crippen LogP contribution < -0.4 is 5.32 Å². The number of nitrogens with one attached hydrogen (secondary N) is 1. The minimum Gasteiger partial charge on any atom is -0.396 e. The number of hydrogen-bond acceptors (Lipinski definition) is 3. The largest absolute Gasteiger partial charge is 0.396 e. The van der Waals surface area contributed by atoms with Gasteiger partial charge in [-0.2, -0.15) is 0 Å². The topological polar surface area (TPSA) is 69.6 Å². The molecule has 1 aliphatic heterocycles. The highest BCUT2D eigenvalue weighted by molar-refractivity contribution is 5.81. The molecule has 0 radical (unpaired) electrons. The molecule has 1 heterocycles. The van der Waals surface area contributed by atoms with Gasteiger partial charge in [0.2, 0.25) is 11.8 Å². The molecule has 20 heavy (non-hydrogen) atoms. The van der Waals surface area contributed by atoms with E-state index in [9.17, 15) is 9.59 Å². The predicted octanol–water partition coefficient (Wildman–Crippen LogP) is 1.30. The summed E-state index contributed by atoms with van der Waals surface area (Å²) >= 11 is 0. The summed E-state index contributed by atoms with van der Waals surface area (Å²) in [6.07, 6.45) is 4.56. The third kappa shape index (κ3) is 5.12. The molecule has 116 valence electrons. The maximum absolute atomic E-state index is 12.2. The fourth-order valence-electron chi connectivity index (χ4n) is 2.64. The molecule has 1 rings (SSSR count). The zero-order chi connectivity index (χ0) is 15.0. The fraction of sp³-hybridized carbons (Fsp3) is 0.867. The quantitative estimate of drug-likeness (QED) is 0.740. The second-order valence-electron chi connectivity index (χ2n) is 5.55. The molecule has 0 aromatic rings. The molecule has 0 aliphatic carbocycles. The van der Waals surface area contributed by atoms with E-state index in [1.165, 1.54) is 0 Å². The number of aliphatic hydroxyl groups is 1. The highest BCUT2D eigenvalue weighted by atomic mass is 16.3. The molecule has 2 N–H and O–H groups in total. The van der Waals surface area contributed by atoms with Crippen LogP contribution in [0.4, 0.5) is 0 Å². The minimum absolute atomic E-state index is 0.0271. The van der Waals surface area contributed by atoms with Crippen LogP contribution in [0, 0.1) is 5.92 Å². The maximum Gasteiger partial charge on any atom is 0.225 e. The average molecular weight is 284 g/mol. The normalized spacial score (nSPS) is 20.6. The van der Waals surface area contributed by atoms with E-state index in [0.717, 1.165) is 32.2 Å². The van der Waals surface area contributed by atoms with E-state index in [0.29, 0.717) is 19.4 Å². The number of aliphatic hydroxyl groups excluding tert-OH is 1. The summed E-state index contributed by atoms with van der Waals surface area (Å²) in [6, 6.07) is 0.0363. The SMILES string of the molecule is CCCC(=O)N1CCCC(C(=O)NC(CC)CCO)C1. The second-order valence-corrected chi connectivity index (χ2v) is 5.55. The first-order valence-corrected chi connectivity index (χ1v) is 7.81. The summed E-state index contributed by atoms with van der Waals surface area (Å²) in [5.74, 6) is 0.0870. The van der Waals surface area contributed by atoms with Gasteiger partial charge in [-0.05, 0) is 32.1 Å². The van der Waals surface area contributed by atoms with E-state index in [2.05, 4.69) is 5.32 Å². The molecule has 1 aliphatic rings. The molecule has 0 aromatic carbocycles. The Morgan fingerprint density at radius 3 is 2.75 bits per heavy atom. The lowest BCUT2D eigenvalue weighted by atomic mass is 9.96. The molecule has 1 fully saturated rings. The van der Waals surface area contributed by atoms with Gasteiger partial charge in [0, 0.05) is 32.2 Å². The van der Waals surface area contributed by atoms with Crippen LogP contribution in [0.25, 0.3) is 0 Å². The fourth-order valence-corrected chi connectivity index (χ4v) is 2.64. The van der Waals surface area contributed by atoms with Gasteiger partial charge in [-0.3, -0.25) is 9.59 Å². The molecule has 2 atom stereocenters. The summed E-state index contributed by atoms with van der Waals surface area (Å²) in [5, 5.41) is 12.0. The van der Waals surface area contributed by atoms with Gasteiger partial charge in [-0.1, -0.05) is 13.8 Å². The molecule has 1 saturated heterocycles. The lowest BCUT2D eigenvalue weighted by Crippen LogP contribution is -2.47. The predicted molar refractivity (Wildman–Crippen MR) is 78.1 cm³/mol. The number of rotatable bonds is 7. The standard InChI is InChI=1S/C15H28N2O3/c1-3-6-14(19)17-9-5-7-12(11-17)15(20)16-13(4-2)8-10-18/h12-13,18H,3-11H2,1-2H3,(H,16,20). The van der Waals surface area contributed by atoms with E-state index in [1.54, 1.807) is 0 Å². The number of amides is 2. The summed E-state index contributed by atoms with van der Waals surface area (Å²) in [6.45, 7) is 5.40. The first kappa shape index (κ1) is 17.0. The van der Waals surface area contributed by atoms with Crippen molar-refractivity contribution in [2.45, 2.75) is 58.4 Å². The highest BCUT2D eigenvalue weighted by Crippen LogP contribution is 2.18. The summed E-state index contributed by atoms with van der Waals surface area (Å²) in [4.78, 5) is 26.0. The molecule has 5 heteroatoms. The van der Waals surface area contributed by atoms with E-state index in [1.807, 2.05) is 18.7 Å². The zero-order valence-electron chi connectivity index (χ0n) is 12.7. The van der Waals surface area contributed by atoms with Gasteiger partial charge in [0.1, 0.15) is 0 Å². The number of piperidine rings is 1. The van der Waals surface area contributed by atoms with Crippen LogP contribution in [-0.4, -0.2) is 47.6 Å². The molecule has 0 spiro atoms. The second kappa shape index (κ2) is 8.95. The molecular formula is C15H28N2O3. The van der Waals surface area contributed by atoms with Gasteiger partial charge in [-0.25, -0.2) is 0 Å². The Morgan fingerprint density at radius 1 is 1.40 bits per heavy atom. The monoisotopic (exact) mass is 284 g/mol. The van der Waals surface area contributed by atoms with Crippen molar-refractivity contribution < 1.29 is 14.7 Å². The van der Waals surface area contributed by atoms with Gasteiger partial charge < -0.3 is 15.3 Å². The van der Waals surface area contributed by atoms with Crippen molar-refractivity contribution in [3.63, 3.8) is 0 Å². The number of likely N-dealkylation sites (tertiary alicyclic amines) is 1. The zero-order valence-corrected chi connectivity index (χ0v) is 12.7. The molecule has 0 saturated carbocycles. The van der Waals surface area contributed by atoms with Crippen LogP contribution in [-0.2, 0) is 9.59 Å². The first-order chi connectivity index (χ1) is 9.62. The van der Waals surface area contributed by atoms with Crippen LogP contribution in [0.1, 0.15) is 52.4 Å². The van der Waals surface area contributed by atoms with Crippen molar-refractivity contribution >= 4 is 11.8 Å². The van der Waals surface area contributed by atoms with Gasteiger partial charge in [-0.15, -0.1) is 0 Å². The Bertz CT molecular complexity index is 320. The first-order valence-electron chi connectivity index (χ1n) is 7.81. The van der Waals surface area contributed by atoms with Gasteiger partial charge >= 0.3 is 0 Å². The van der Waals surface area contributed by atoms with Crippen LogP contribution in [0.15, 0.2) is 0 Å². The van der Waals surface area contributed by atoms with Crippen molar-refractivity contribution in [2.24, 2.45) is 5.92 Å². The van der Waals surface area contributed by atoms with Crippen LogP contribution >= 0.6 is 0 Å². The summed E-state index contributed by atoms with van der Waals surface area (Å²) in [5.41, 5.74) is 0. The van der Waals surface area contributed by atoms with Crippen molar-refractivity contribution in [1.82, 2.24) is 10.2 Å². The average Bonchev–Trinajstić information content (AvgIpc) is 2.47. The Morgan fingerprint density at radius 2 is 2.15 bits per heavy atom. The number of carbonyl (C=O) groups excluding carboxylic acids is 2. The third-order valence-electron chi connectivity index (χ3n) is 3.93. The third-order valence-corrected chi connectivity index (χ3v) is 3.93. The van der Waals surface area contributed by atoms with Crippen LogP contribution in [0.5, 0.6) is 0 Å². The minimum atomic E-state index is -0.0997. The van der Waals surface area contributed by atoms with Gasteiger partial charge in [0.15, 0.2) is 0 Å². The highest BCUT2D eigenvalue weighted by Gasteiger charge is 2.28. The molecule has 0 bridgehead atoms. The number of hydrogen-bond donors (Lipinski definition) is 2. The maximum atomic E-state index is 12.2. The molecule has 2 unspecified atom stereocenters. The molecule has 0 aromatic heterocycles. The Hall–Kier alpha value is -1.10. The Labute approximate surface area is 121 Å². The van der Waals surface area contributed by atoms with Crippen molar-refractivity contribution in [2.75, 3.05) is 19.7 Å². The van der Waals surface area contributed by atoms with E-state index >= 15 is 0 Å². The lowest BCUT2D eigenvalue weighted by Gasteiger charge is -2.33. The van der Waals surface area contributed by atoms with Gasteiger partial charge in [0.25, 0.3) is 0 Å². The van der Waals surface area contributed by atoms with Crippen LogP contribution in [0.2, 0.25) is 0 Å². The Balaban J connectivity index is 2.49. The van der Waals surface area contributed by atoms with E-state index < -0.39 is 0 Å². The van der Waals surface area contributed by atoms with Gasteiger partial charge in [0.05, 0.1) is 5.92 Å². The lowest BCUT2D eigenvalue weighted by molar-refractivity contribution is -0.136. The van der Waals surface area contributed by atoms with E-state index in [4.69, 9.17) is 5.11 Å². The van der Waals surface area contributed by atoms with E-state index in [-0.39, 0.29) is 30.4 Å². The number of nitrogens with zero attached hydrogens (tertiary/aromatic N) is 1. The molecule has 2 amide bonds. The van der Waals surface area contributed by atoms with Crippen molar-refractivity contribution in [3.8, 4) is 0 Å².